The van der Waals surface area contributed by atoms with E-state index in [0.717, 1.165) is 0 Å². The van der Waals surface area contributed by atoms with Crippen LogP contribution in [0.15, 0.2) is 60.0 Å². The Morgan fingerprint density at radius 2 is 1.72 bits per heavy atom. The van der Waals surface area contributed by atoms with Gasteiger partial charge in [-0.15, -0.1) is 11.3 Å². The zero-order valence-corrected chi connectivity index (χ0v) is 10.5. The van der Waals surface area contributed by atoms with Crippen LogP contribution in [-0.4, -0.2) is 4.98 Å². The first-order chi connectivity index (χ1) is 8.92. The van der Waals surface area contributed by atoms with Gasteiger partial charge in [-0.05, 0) is 29.0 Å². The van der Waals surface area contributed by atoms with Crippen molar-refractivity contribution in [2.45, 2.75) is 0 Å². The molecule has 0 amide bonds. The third-order valence-electron chi connectivity index (χ3n) is 3.30. The number of nitrogens with one attached hydrogen (secondary N) is 1. The third kappa shape index (κ3) is 1.39. The Morgan fingerprint density at radius 3 is 2.67 bits per heavy atom. The lowest BCUT2D eigenvalue weighted by molar-refractivity contribution is 1.47. The van der Waals surface area contributed by atoms with E-state index in [4.69, 9.17) is 0 Å². The molecule has 86 valence electrons. The van der Waals surface area contributed by atoms with Crippen molar-refractivity contribution < 1.29 is 0 Å². The molecule has 2 aromatic carbocycles. The van der Waals surface area contributed by atoms with Gasteiger partial charge in [0.2, 0.25) is 0 Å². The smallest absolute Gasteiger partial charge is 0.0479 e. The van der Waals surface area contributed by atoms with Gasteiger partial charge in [0.05, 0.1) is 0 Å². The number of aromatic nitrogens is 1. The molecule has 2 heterocycles. The summed E-state index contributed by atoms with van der Waals surface area (Å²) in [5, 5.41) is 4.73. The van der Waals surface area contributed by atoms with Crippen molar-refractivity contribution in [3.63, 3.8) is 0 Å². The van der Waals surface area contributed by atoms with Crippen molar-refractivity contribution in [1.82, 2.24) is 4.98 Å². The minimum atomic E-state index is 1.20. The van der Waals surface area contributed by atoms with Crippen LogP contribution in [0.5, 0.6) is 0 Å². The van der Waals surface area contributed by atoms with E-state index in [1.165, 1.54) is 32.2 Å². The molecule has 0 aliphatic rings. The summed E-state index contributed by atoms with van der Waals surface area (Å²) < 4.78 is 1.35. The Bertz CT molecular complexity index is 805. The van der Waals surface area contributed by atoms with Crippen LogP contribution in [-0.2, 0) is 0 Å². The van der Waals surface area contributed by atoms with Crippen LogP contribution < -0.4 is 0 Å². The lowest BCUT2D eigenvalue weighted by Gasteiger charge is -1.99. The summed E-state index contributed by atoms with van der Waals surface area (Å²) in [7, 11) is 0. The number of H-pyrrole nitrogens is 1. The number of fused-ring (bicyclic) bond motifs is 2. The minimum absolute atomic E-state index is 1.20. The van der Waals surface area contributed by atoms with Crippen LogP contribution in [0.25, 0.3) is 32.2 Å². The number of benzene rings is 2. The maximum atomic E-state index is 3.50. The molecule has 2 heteroatoms. The molecule has 4 rings (SSSR count). The summed E-state index contributed by atoms with van der Waals surface area (Å²) in [5.41, 5.74) is 3.68. The minimum Gasteiger partial charge on any atom is -0.354 e. The number of hydrogen-bond donors (Lipinski definition) is 1. The van der Waals surface area contributed by atoms with E-state index in [-0.39, 0.29) is 0 Å². The standard InChI is InChI=1S/C16H11NS/c1-2-7-14-12(4-1)10-15(17-14)13-6-3-5-11-8-9-18-16(11)13/h1-10,17H. The molecule has 0 fully saturated rings. The fourth-order valence-electron chi connectivity index (χ4n) is 2.42. The second kappa shape index (κ2) is 3.72. The molecule has 0 saturated heterocycles. The van der Waals surface area contributed by atoms with E-state index in [1.807, 2.05) is 0 Å². The van der Waals surface area contributed by atoms with Gasteiger partial charge in [-0.2, -0.15) is 0 Å². The predicted octanol–water partition coefficient (Wildman–Crippen LogP) is 5.05. The first-order valence-electron chi connectivity index (χ1n) is 5.96. The molecule has 0 bridgehead atoms. The number of aromatic amines is 1. The second-order valence-corrected chi connectivity index (χ2v) is 5.33. The summed E-state index contributed by atoms with van der Waals surface area (Å²) in [6, 6.07) is 19.3. The average molecular weight is 249 g/mol. The zero-order chi connectivity index (χ0) is 11.9. The maximum Gasteiger partial charge on any atom is 0.0479 e. The fourth-order valence-corrected chi connectivity index (χ4v) is 3.35. The van der Waals surface area contributed by atoms with Crippen LogP contribution in [0.3, 0.4) is 0 Å². The fraction of sp³-hybridized carbons (Fsp3) is 0. The molecule has 4 aromatic rings. The average Bonchev–Trinajstić information content (AvgIpc) is 3.04. The van der Waals surface area contributed by atoms with E-state index in [1.54, 1.807) is 11.3 Å². The summed E-state index contributed by atoms with van der Waals surface area (Å²) >= 11 is 1.80. The van der Waals surface area contributed by atoms with Crippen molar-refractivity contribution in [3.05, 3.63) is 60.0 Å². The van der Waals surface area contributed by atoms with E-state index in [9.17, 15) is 0 Å². The highest BCUT2D eigenvalue weighted by molar-refractivity contribution is 7.17. The molecule has 0 spiro atoms. The predicted molar refractivity (Wildman–Crippen MR) is 79.1 cm³/mol. The lowest BCUT2D eigenvalue weighted by Crippen LogP contribution is -1.76. The molecular weight excluding hydrogens is 238 g/mol. The van der Waals surface area contributed by atoms with Crippen LogP contribution in [0.4, 0.5) is 0 Å². The molecule has 0 aliphatic carbocycles. The van der Waals surface area contributed by atoms with Gasteiger partial charge in [-0.1, -0.05) is 36.4 Å². The van der Waals surface area contributed by atoms with Crippen molar-refractivity contribution in [3.8, 4) is 11.3 Å². The van der Waals surface area contributed by atoms with Gasteiger partial charge >= 0.3 is 0 Å². The third-order valence-corrected chi connectivity index (χ3v) is 4.26. The van der Waals surface area contributed by atoms with Gasteiger partial charge in [-0.25, -0.2) is 0 Å². The quantitative estimate of drug-likeness (QED) is 0.486. The van der Waals surface area contributed by atoms with Gasteiger partial charge in [0, 0.05) is 26.9 Å². The number of rotatable bonds is 1. The molecular formula is C16H11NS. The van der Waals surface area contributed by atoms with Crippen LogP contribution in [0, 0.1) is 0 Å². The molecule has 1 N–H and O–H groups in total. The first-order valence-corrected chi connectivity index (χ1v) is 6.84. The number of thiophene rings is 1. The number of hydrogen-bond acceptors (Lipinski definition) is 1. The first kappa shape index (κ1) is 9.92. The zero-order valence-electron chi connectivity index (χ0n) is 9.68. The normalized spacial score (nSPS) is 11.3. The largest absolute Gasteiger partial charge is 0.354 e. The van der Waals surface area contributed by atoms with Crippen LogP contribution in [0.2, 0.25) is 0 Å². The SMILES string of the molecule is c1ccc2[nH]c(-c3cccc4ccsc34)cc2c1. The van der Waals surface area contributed by atoms with Crippen LogP contribution >= 0.6 is 11.3 Å². The monoisotopic (exact) mass is 249 g/mol. The van der Waals surface area contributed by atoms with Crippen molar-refractivity contribution in [2.75, 3.05) is 0 Å². The highest BCUT2D eigenvalue weighted by Crippen LogP contribution is 2.33. The number of para-hydroxylation sites is 1. The lowest BCUT2D eigenvalue weighted by atomic mass is 10.1. The molecule has 2 aromatic heterocycles. The second-order valence-electron chi connectivity index (χ2n) is 4.41. The van der Waals surface area contributed by atoms with Gasteiger partial charge in [0.15, 0.2) is 0 Å². The van der Waals surface area contributed by atoms with Gasteiger partial charge in [0.1, 0.15) is 0 Å². The Balaban J connectivity index is 2.04. The van der Waals surface area contributed by atoms with E-state index >= 15 is 0 Å². The Kier molecular flexibility index (Phi) is 2.05. The van der Waals surface area contributed by atoms with E-state index < -0.39 is 0 Å². The Morgan fingerprint density at radius 1 is 0.833 bits per heavy atom. The van der Waals surface area contributed by atoms with Gasteiger partial charge < -0.3 is 4.98 Å². The van der Waals surface area contributed by atoms with Crippen LogP contribution in [0.1, 0.15) is 0 Å². The summed E-state index contributed by atoms with van der Waals surface area (Å²) in [5.74, 6) is 0. The molecule has 0 atom stereocenters. The molecule has 0 unspecified atom stereocenters. The Labute approximate surface area is 109 Å². The Hall–Kier alpha value is -2.06. The molecule has 1 nitrogen and oxygen atoms in total. The van der Waals surface area contributed by atoms with Crippen molar-refractivity contribution in [2.24, 2.45) is 0 Å². The topological polar surface area (TPSA) is 15.8 Å². The van der Waals surface area contributed by atoms with E-state index in [0.29, 0.717) is 0 Å². The molecule has 0 aliphatic heterocycles. The van der Waals surface area contributed by atoms with Crippen molar-refractivity contribution >= 4 is 32.3 Å². The highest BCUT2D eigenvalue weighted by Gasteiger charge is 2.07. The summed E-state index contributed by atoms with van der Waals surface area (Å²) in [6.45, 7) is 0. The highest BCUT2D eigenvalue weighted by atomic mass is 32.1. The molecule has 0 radical (unpaired) electrons. The van der Waals surface area contributed by atoms with Gasteiger partial charge in [0.25, 0.3) is 0 Å². The van der Waals surface area contributed by atoms with Crippen molar-refractivity contribution in [1.29, 1.82) is 0 Å². The van der Waals surface area contributed by atoms with E-state index in [2.05, 4.69) is 65.0 Å². The molecule has 0 saturated carbocycles. The molecule has 18 heavy (non-hydrogen) atoms. The summed E-state index contributed by atoms with van der Waals surface area (Å²) in [6.07, 6.45) is 0. The maximum absolute atomic E-state index is 3.50. The van der Waals surface area contributed by atoms with Gasteiger partial charge in [-0.3, -0.25) is 0 Å². The summed E-state index contributed by atoms with van der Waals surface area (Å²) in [4.78, 5) is 3.50.